The van der Waals surface area contributed by atoms with Crippen LogP contribution in [0.2, 0.25) is 5.15 Å². The first kappa shape index (κ1) is 13.4. The van der Waals surface area contributed by atoms with Crippen LogP contribution < -0.4 is 0 Å². The number of nitrogens with zero attached hydrogens (tertiary/aromatic N) is 4. The Morgan fingerprint density at radius 1 is 1.05 bits per heavy atom. The Morgan fingerprint density at radius 2 is 1.79 bits per heavy atom. The summed E-state index contributed by atoms with van der Waals surface area (Å²) in [6.07, 6.45) is 4.60. The average Bonchev–Trinajstić information content (AvgIpc) is 2.81. The lowest BCUT2D eigenvalue weighted by molar-refractivity contribution is 0.276. The molecule has 1 saturated heterocycles. The molecule has 6 nitrogen and oxygen atoms in total. The Bertz CT molecular complexity index is 565. The summed E-state index contributed by atoms with van der Waals surface area (Å²) in [5.74, 6) is 0.719. The van der Waals surface area contributed by atoms with E-state index in [1.54, 1.807) is 10.5 Å². The number of fused-ring (bicyclic) bond motifs is 1. The molecule has 0 atom stereocenters. The second kappa shape index (κ2) is 5.05. The van der Waals surface area contributed by atoms with Gasteiger partial charge in [-0.2, -0.15) is 17.0 Å². The van der Waals surface area contributed by atoms with Gasteiger partial charge in [-0.25, -0.2) is 4.98 Å². The second-order valence-electron chi connectivity index (χ2n) is 4.95. The van der Waals surface area contributed by atoms with Crippen molar-refractivity contribution >= 4 is 21.8 Å². The van der Waals surface area contributed by atoms with Gasteiger partial charge in [0.25, 0.3) is 10.2 Å². The van der Waals surface area contributed by atoms with E-state index in [0.29, 0.717) is 37.9 Å². The topological polar surface area (TPSA) is 58.4 Å². The Labute approximate surface area is 118 Å². The largest absolute Gasteiger partial charge is 0.317 e. The van der Waals surface area contributed by atoms with Crippen LogP contribution >= 0.6 is 11.6 Å². The van der Waals surface area contributed by atoms with Crippen LogP contribution in [0.25, 0.3) is 0 Å². The van der Waals surface area contributed by atoms with Crippen molar-refractivity contribution in [1.29, 1.82) is 0 Å². The van der Waals surface area contributed by atoms with E-state index in [0.717, 1.165) is 25.1 Å². The molecule has 0 bridgehead atoms. The maximum absolute atomic E-state index is 12.5. The molecule has 1 fully saturated rings. The molecule has 1 aromatic heterocycles. The minimum absolute atomic E-state index is 0.311. The molecule has 0 amide bonds. The van der Waals surface area contributed by atoms with Crippen LogP contribution in [0.4, 0.5) is 0 Å². The second-order valence-corrected chi connectivity index (χ2v) is 7.27. The summed E-state index contributed by atoms with van der Waals surface area (Å²) in [7, 11) is -3.35. The van der Waals surface area contributed by atoms with Gasteiger partial charge < -0.3 is 4.57 Å². The van der Waals surface area contributed by atoms with Gasteiger partial charge in [0, 0.05) is 26.2 Å². The van der Waals surface area contributed by atoms with Crippen molar-refractivity contribution in [3.8, 4) is 0 Å². The van der Waals surface area contributed by atoms with Gasteiger partial charge in [0.1, 0.15) is 11.0 Å². The number of imidazole rings is 1. The molecule has 106 valence electrons. The van der Waals surface area contributed by atoms with Gasteiger partial charge in [-0.3, -0.25) is 0 Å². The molecule has 19 heavy (non-hydrogen) atoms. The first-order chi connectivity index (χ1) is 9.09. The molecule has 1 aromatic rings. The predicted octanol–water partition coefficient (Wildman–Crippen LogP) is 1.08. The Balaban J connectivity index is 1.80. The van der Waals surface area contributed by atoms with Crippen LogP contribution in [-0.4, -0.2) is 46.2 Å². The highest BCUT2D eigenvalue weighted by molar-refractivity contribution is 7.86. The third kappa shape index (κ3) is 2.40. The molecule has 0 aliphatic carbocycles. The fourth-order valence-corrected chi connectivity index (χ4v) is 4.52. The van der Waals surface area contributed by atoms with E-state index >= 15 is 0 Å². The lowest BCUT2D eigenvalue weighted by Crippen LogP contribution is -2.48. The van der Waals surface area contributed by atoms with Crippen LogP contribution in [0.1, 0.15) is 25.1 Å². The highest BCUT2D eigenvalue weighted by Crippen LogP contribution is 2.23. The Hall–Kier alpha value is -0.630. The van der Waals surface area contributed by atoms with E-state index in [2.05, 4.69) is 4.98 Å². The van der Waals surface area contributed by atoms with Crippen molar-refractivity contribution in [3.05, 3.63) is 17.2 Å². The fourth-order valence-electron chi connectivity index (χ4n) is 2.66. The van der Waals surface area contributed by atoms with Gasteiger partial charge in [0.2, 0.25) is 0 Å². The maximum atomic E-state index is 12.5. The van der Waals surface area contributed by atoms with Crippen molar-refractivity contribution in [2.45, 2.75) is 32.4 Å². The van der Waals surface area contributed by atoms with Crippen molar-refractivity contribution in [2.24, 2.45) is 0 Å². The number of rotatable bonds is 2. The zero-order valence-corrected chi connectivity index (χ0v) is 12.2. The summed E-state index contributed by atoms with van der Waals surface area (Å²) in [5.41, 5.74) is 0. The highest BCUT2D eigenvalue weighted by Gasteiger charge is 2.33. The molecule has 0 aromatic carbocycles. The number of piperidine rings is 1. The number of hydrogen-bond acceptors (Lipinski definition) is 3. The summed E-state index contributed by atoms with van der Waals surface area (Å²) in [4.78, 5) is 4.17. The van der Waals surface area contributed by atoms with Gasteiger partial charge >= 0.3 is 0 Å². The van der Waals surface area contributed by atoms with E-state index in [9.17, 15) is 8.42 Å². The van der Waals surface area contributed by atoms with E-state index in [4.69, 9.17) is 11.6 Å². The summed E-state index contributed by atoms with van der Waals surface area (Å²) < 4.78 is 30.0. The van der Waals surface area contributed by atoms with Crippen molar-refractivity contribution < 1.29 is 8.42 Å². The molecule has 3 rings (SSSR count). The molecule has 3 heterocycles. The minimum atomic E-state index is -3.35. The molecular formula is C11H17ClN4O2S. The SMILES string of the molecule is O=S(=O)(N1CCCCC1)N1CCn2c(Cl)cnc2C1. The van der Waals surface area contributed by atoms with Gasteiger partial charge in [-0.1, -0.05) is 18.0 Å². The molecule has 0 N–H and O–H groups in total. The number of aromatic nitrogens is 2. The van der Waals surface area contributed by atoms with E-state index in [1.165, 1.54) is 4.31 Å². The van der Waals surface area contributed by atoms with Gasteiger partial charge in [0.05, 0.1) is 12.7 Å². The minimum Gasteiger partial charge on any atom is -0.317 e. The third-order valence-corrected chi connectivity index (χ3v) is 6.03. The lowest BCUT2D eigenvalue weighted by Gasteiger charge is -2.34. The van der Waals surface area contributed by atoms with Crippen molar-refractivity contribution in [3.63, 3.8) is 0 Å². The molecule has 0 saturated carbocycles. The Kier molecular flexibility index (Phi) is 3.55. The van der Waals surface area contributed by atoms with E-state index in [-0.39, 0.29) is 0 Å². The monoisotopic (exact) mass is 304 g/mol. The zero-order chi connectivity index (χ0) is 13.5. The summed E-state index contributed by atoms with van der Waals surface area (Å²) in [5, 5.41) is 0.574. The normalized spacial score (nSPS) is 22.4. The van der Waals surface area contributed by atoms with Gasteiger partial charge in [-0.15, -0.1) is 0 Å². The smallest absolute Gasteiger partial charge is 0.282 e. The first-order valence-corrected chi connectivity index (χ1v) is 8.31. The van der Waals surface area contributed by atoms with Gasteiger partial charge in [0.15, 0.2) is 0 Å². The summed E-state index contributed by atoms with van der Waals surface area (Å²) in [6.45, 7) is 2.61. The maximum Gasteiger partial charge on any atom is 0.282 e. The number of halogens is 1. The number of hydrogen-bond donors (Lipinski definition) is 0. The summed E-state index contributed by atoms with van der Waals surface area (Å²) in [6, 6.07) is 0. The molecule has 0 spiro atoms. The van der Waals surface area contributed by atoms with Crippen LogP contribution in [0.5, 0.6) is 0 Å². The van der Waals surface area contributed by atoms with Crippen LogP contribution in [0.15, 0.2) is 6.20 Å². The average molecular weight is 305 g/mol. The summed E-state index contributed by atoms with van der Waals surface area (Å²) >= 11 is 5.99. The molecular weight excluding hydrogens is 288 g/mol. The molecule has 0 unspecified atom stereocenters. The van der Waals surface area contributed by atoms with Crippen LogP contribution in [0, 0.1) is 0 Å². The zero-order valence-electron chi connectivity index (χ0n) is 10.6. The quantitative estimate of drug-likeness (QED) is 0.821. The highest BCUT2D eigenvalue weighted by atomic mass is 35.5. The van der Waals surface area contributed by atoms with Crippen LogP contribution in [-0.2, 0) is 23.3 Å². The Morgan fingerprint density at radius 3 is 2.53 bits per heavy atom. The van der Waals surface area contributed by atoms with Crippen LogP contribution in [0.3, 0.4) is 0 Å². The lowest BCUT2D eigenvalue weighted by atomic mass is 10.2. The first-order valence-electron chi connectivity index (χ1n) is 6.54. The predicted molar refractivity (Wildman–Crippen MR) is 72.0 cm³/mol. The van der Waals surface area contributed by atoms with E-state index in [1.807, 2.05) is 4.57 Å². The molecule has 2 aliphatic rings. The molecule has 0 radical (unpaired) electrons. The third-order valence-electron chi connectivity index (χ3n) is 3.75. The molecule has 8 heteroatoms. The van der Waals surface area contributed by atoms with Gasteiger partial charge in [-0.05, 0) is 12.8 Å². The standard InChI is InChI=1S/C11H17ClN4O2S/c12-10-8-13-11-9-15(6-7-16(10)11)19(17,18)14-4-2-1-3-5-14/h8H,1-7,9H2. The molecule has 2 aliphatic heterocycles. The van der Waals surface area contributed by atoms with Crippen molar-refractivity contribution in [2.75, 3.05) is 19.6 Å². The fraction of sp³-hybridized carbons (Fsp3) is 0.727. The van der Waals surface area contributed by atoms with Crippen molar-refractivity contribution in [1.82, 2.24) is 18.2 Å². The van der Waals surface area contributed by atoms with E-state index < -0.39 is 10.2 Å².